The number of benzene rings is 5. The standard InChI is InChI=1S/C29H35N5O2.C23H25ClN6O.C22H29N5O2.C9H12ClNO.C7H9N/c1-2-3-4-5-12-17-25(35)31-29-32-27-26(28(36)33-29)24(18-30-27)21-34(19-22-13-8-6-9-14-22)20-23-15-10-7-11-16-23;1-14-10-26-18(15(2)20(14)31-4)13-30-12-16(11-29(3)17-8-6-5-7-9-17)19-21(24)27-23(25)28-22(19)30;1-3-4-5-6-10-13-18(28)24-22-25-20-19(21(29)26-22)16(14-23-20)15-27(2)17-11-8-7-9-12-17;1-6-5-11-8(4-10)7(2)9(6)12-3;1-8-7-5-3-2-4-6-7/h6-11,13-16,18H,2-5,12,17,19-21H2,1H3,(H3,30,31,32,33,35,36);5-10,12H,11,13H2,1-4H3,(H2,25,27,28);7-9,11-12,14H,3-6,10,13,15H2,1-2H3,(H3,23,24,25,26,28,29);5H,4H2,1-3H3;2-6,8H,1H3. The van der Waals surface area contributed by atoms with Crippen LogP contribution in [-0.4, -0.2) is 106 Å². The Kier molecular flexibility index (Phi) is 34.4. The molecule has 0 saturated carbocycles. The van der Waals surface area contributed by atoms with E-state index in [1.54, 1.807) is 26.6 Å². The van der Waals surface area contributed by atoms with Crippen LogP contribution in [0.1, 0.15) is 152 Å². The minimum absolute atomic E-state index is 0.125. The van der Waals surface area contributed by atoms with Crippen molar-refractivity contribution in [3.63, 3.8) is 0 Å². The van der Waals surface area contributed by atoms with Gasteiger partial charge in [0.2, 0.25) is 29.7 Å². The van der Waals surface area contributed by atoms with Gasteiger partial charge in [0, 0.05) is 148 Å². The highest BCUT2D eigenvalue weighted by molar-refractivity contribution is 6.34. The summed E-state index contributed by atoms with van der Waals surface area (Å²) in [7, 11) is 9.27. The lowest BCUT2D eigenvalue weighted by atomic mass is 10.1. The fourth-order valence-electron chi connectivity index (χ4n) is 13.6. The predicted octanol–water partition coefficient (Wildman–Crippen LogP) is 18.5. The number of nitrogens with zero attached hydrogens (tertiary/aromatic N) is 10. The van der Waals surface area contributed by atoms with Gasteiger partial charge in [0.25, 0.3) is 11.1 Å². The zero-order chi connectivity index (χ0) is 82.9. The van der Waals surface area contributed by atoms with Gasteiger partial charge in [-0.1, -0.05) is 192 Å². The van der Waals surface area contributed by atoms with E-state index in [0.717, 1.165) is 136 Å². The number of ether oxygens (including phenoxy) is 2. The molecule has 8 heterocycles. The largest absolute Gasteiger partial charge is 0.496 e. The highest BCUT2D eigenvalue weighted by Crippen LogP contribution is 2.32. The Morgan fingerprint density at radius 1 is 0.526 bits per heavy atom. The van der Waals surface area contributed by atoms with Gasteiger partial charge >= 0.3 is 0 Å². The van der Waals surface area contributed by atoms with Crippen LogP contribution < -0.4 is 52.1 Å². The van der Waals surface area contributed by atoms with E-state index in [2.05, 4.69) is 137 Å². The summed E-state index contributed by atoms with van der Waals surface area (Å²) in [5.41, 5.74) is 21.4. The van der Waals surface area contributed by atoms with E-state index in [1.165, 1.54) is 36.8 Å². The Morgan fingerprint density at radius 3 is 1.39 bits per heavy atom. The molecule has 0 spiro atoms. The van der Waals surface area contributed by atoms with Crippen LogP contribution in [-0.2, 0) is 54.7 Å². The first kappa shape index (κ1) is 88.1. The number of unbranched alkanes of at least 4 members (excludes halogenated alkanes) is 8. The van der Waals surface area contributed by atoms with E-state index in [4.69, 9.17) is 38.4 Å². The zero-order valence-corrected chi connectivity index (χ0v) is 70.0. The molecule has 9 N–H and O–H groups in total. The number of aromatic nitrogens is 11. The number of aromatic amines is 4. The molecule has 13 rings (SSSR count). The number of alkyl halides is 1. The van der Waals surface area contributed by atoms with Gasteiger partial charge < -0.3 is 44.9 Å². The molecule has 0 aliphatic heterocycles. The lowest BCUT2D eigenvalue weighted by Gasteiger charge is -2.22. The zero-order valence-electron chi connectivity index (χ0n) is 68.5. The van der Waals surface area contributed by atoms with Crippen LogP contribution in [0.4, 0.5) is 34.9 Å². The van der Waals surface area contributed by atoms with Crippen molar-refractivity contribution in [2.45, 2.75) is 164 Å². The quantitative estimate of drug-likeness (QED) is 0.0110. The Balaban J connectivity index is 0.000000178. The summed E-state index contributed by atoms with van der Waals surface area (Å²) in [6, 6.07) is 50.8. The number of nitrogens with one attached hydrogen (secondary N) is 7. The van der Waals surface area contributed by atoms with Crippen LogP contribution >= 0.6 is 23.2 Å². The smallest absolute Gasteiger partial charge is 0.262 e. The average Bonchev–Trinajstić information content (AvgIpc) is 1.62. The second kappa shape index (κ2) is 45.3. The molecule has 610 valence electrons. The van der Waals surface area contributed by atoms with Gasteiger partial charge in [0.15, 0.2) is 0 Å². The van der Waals surface area contributed by atoms with Gasteiger partial charge in [-0.05, 0) is 93.6 Å². The minimum atomic E-state index is -0.258. The van der Waals surface area contributed by atoms with Gasteiger partial charge in [0.1, 0.15) is 33.6 Å². The second-order valence-electron chi connectivity index (χ2n) is 28.5. The Labute approximate surface area is 689 Å². The van der Waals surface area contributed by atoms with E-state index in [0.29, 0.717) is 77.8 Å². The van der Waals surface area contributed by atoms with Crippen molar-refractivity contribution in [1.82, 2.24) is 59.3 Å². The fraction of sp³-hybridized carbons (Fsp3) is 0.333. The van der Waals surface area contributed by atoms with Crippen LogP contribution in [0.3, 0.4) is 0 Å². The van der Waals surface area contributed by atoms with Crippen LogP contribution in [0.2, 0.25) is 5.15 Å². The molecule has 8 aromatic heterocycles. The number of para-hydroxylation sites is 3. The monoisotopic (exact) mass is 1610 g/mol. The number of fused-ring (bicyclic) bond motifs is 3. The van der Waals surface area contributed by atoms with Crippen molar-refractivity contribution < 1.29 is 19.1 Å². The molecule has 0 fully saturated rings. The third-order valence-electron chi connectivity index (χ3n) is 19.7. The molecule has 0 aliphatic rings. The number of carbonyl (C=O) groups excluding carboxylic acids is 2. The van der Waals surface area contributed by atoms with Gasteiger partial charge in [-0.2, -0.15) is 15.0 Å². The van der Waals surface area contributed by atoms with Crippen molar-refractivity contribution >= 4 is 103 Å². The molecule has 0 unspecified atom stereocenters. The Morgan fingerprint density at radius 2 is 0.948 bits per heavy atom. The summed E-state index contributed by atoms with van der Waals surface area (Å²) >= 11 is 12.2. The maximum absolute atomic E-state index is 13.0. The highest BCUT2D eigenvalue weighted by atomic mass is 35.5. The Bertz CT molecular complexity index is 5310. The summed E-state index contributed by atoms with van der Waals surface area (Å²) in [5.74, 6) is 2.43. The van der Waals surface area contributed by atoms with Crippen molar-refractivity contribution in [2.75, 3.05) is 66.8 Å². The summed E-state index contributed by atoms with van der Waals surface area (Å²) < 4.78 is 12.8. The van der Waals surface area contributed by atoms with Crippen LogP contribution in [0.15, 0.2) is 192 Å². The number of methoxy groups -OCH3 is 2. The van der Waals surface area contributed by atoms with Crippen LogP contribution in [0.25, 0.3) is 33.1 Å². The second-order valence-corrected chi connectivity index (χ2v) is 29.1. The molecule has 24 nitrogen and oxygen atoms in total. The van der Waals surface area contributed by atoms with Crippen molar-refractivity contribution in [1.29, 1.82) is 0 Å². The molecule has 0 aliphatic carbocycles. The lowest BCUT2D eigenvalue weighted by Crippen LogP contribution is -2.23. The fourth-order valence-corrected chi connectivity index (χ4v) is 14.1. The van der Waals surface area contributed by atoms with Crippen LogP contribution in [0, 0.1) is 27.7 Å². The number of nitrogens with two attached hydrogens (primary N) is 1. The molecular weight excluding hydrogens is 1500 g/mol. The lowest BCUT2D eigenvalue weighted by molar-refractivity contribution is -0.117. The summed E-state index contributed by atoms with van der Waals surface area (Å²) in [6.45, 7) is 16.1. The molecule has 26 heteroatoms. The van der Waals surface area contributed by atoms with E-state index in [1.807, 2.05) is 181 Å². The van der Waals surface area contributed by atoms with E-state index < -0.39 is 0 Å². The van der Waals surface area contributed by atoms with Crippen LogP contribution in [0.5, 0.6) is 11.5 Å². The third kappa shape index (κ3) is 25.6. The maximum atomic E-state index is 13.0. The summed E-state index contributed by atoms with van der Waals surface area (Å²) in [4.78, 5) is 94.6. The first-order valence-electron chi connectivity index (χ1n) is 39.4. The van der Waals surface area contributed by atoms with Crippen molar-refractivity contribution in [2.24, 2.45) is 0 Å². The molecule has 5 aromatic carbocycles. The normalized spacial score (nSPS) is 10.8. The molecule has 0 atom stereocenters. The number of amides is 2. The molecule has 2 amide bonds. The number of hydrogen-bond donors (Lipinski definition) is 8. The molecule has 0 radical (unpaired) electrons. The minimum Gasteiger partial charge on any atom is -0.496 e. The van der Waals surface area contributed by atoms with Gasteiger partial charge in [-0.15, -0.1) is 11.6 Å². The first-order valence-corrected chi connectivity index (χ1v) is 40.3. The number of nitrogen functional groups attached to an aromatic ring is 1. The topological polar surface area (TPSA) is 304 Å². The number of anilines is 6. The number of hydrogen-bond acceptors (Lipinski definition) is 17. The molecule has 13 aromatic rings. The molecule has 116 heavy (non-hydrogen) atoms. The van der Waals surface area contributed by atoms with Gasteiger partial charge in [-0.3, -0.25) is 54.6 Å². The Hall–Kier alpha value is -11.9. The van der Waals surface area contributed by atoms with E-state index >= 15 is 0 Å². The number of pyridine rings is 2. The molecule has 0 saturated heterocycles. The predicted molar refractivity (Wildman–Crippen MR) is 472 cm³/mol. The summed E-state index contributed by atoms with van der Waals surface area (Å²) in [6.07, 6.45) is 20.9. The van der Waals surface area contributed by atoms with Gasteiger partial charge in [0.05, 0.1) is 54.2 Å². The molecule has 0 bridgehead atoms. The SMILES string of the molecule is CCCCCCCC(=O)Nc1nc2[nH]cc(CN(C)c3ccccc3)c2c(=O)[nH]1.CCCCCCCC(=O)Nc1nc2[nH]cc(CN(Cc3ccccc3)Cc3ccccc3)c2c(=O)[nH]1.CNc1ccccc1.COc1c(C)cnc(CCl)c1C.COc1c(C)cnc(Cn2cc(CN(C)c3ccccc3)c3c(Cl)nc(N)nc32)c1C. The molecular formula is C90H110Cl2N18O6. The first-order chi connectivity index (χ1) is 56.2. The number of carbonyl (C=O) groups is 2. The van der Waals surface area contributed by atoms with E-state index in [9.17, 15) is 19.2 Å². The van der Waals surface area contributed by atoms with E-state index in [-0.39, 0.29) is 40.8 Å². The van der Waals surface area contributed by atoms with Gasteiger partial charge in [-0.25, -0.2) is 4.98 Å². The third-order valence-corrected chi connectivity index (χ3v) is 20.2. The maximum Gasteiger partial charge on any atom is 0.262 e. The number of H-pyrrole nitrogens is 4. The van der Waals surface area contributed by atoms with Crippen molar-refractivity contribution in [3.8, 4) is 11.5 Å². The number of rotatable bonds is 32. The number of halogens is 2. The average molecular weight is 1610 g/mol. The number of aryl methyl sites for hydroxylation is 2. The van der Waals surface area contributed by atoms with Crippen molar-refractivity contribution in [3.05, 3.63) is 270 Å². The highest BCUT2D eigenvalue weighted by Gasteiger charge is 2.22. The summed E-state index contributed by atoms with van der Waals surface area (Å²) in [5, 5.41) is 10.7.